The molecule has 1 fully saturated rings. The van der Waals surface area contributed by atoms with Gasteiger partial charge < -0.3 is 4.90 Å². The smallest absolute Gasteiger partial charge is 0.337 e. The van der Waals surface area contributed by atoms with Crippen LogP contribution in [0.15, 0.2) is 42.5 Å². The van der Waals surface area contributed by atoms with Gasteiger partial charge in [0.1, 0.15) is 5.82 Å². The minimum Gasteiger partial charge on any atom is -0.337 e. The summed E-state index contributed by atoms with van der Waals surface area (Å²) in [6, 6.07) is 13.0. The molecule has 3 rings (SSSR count). The predicted octanol–water partition coefficient (Wildman–Crippen LogP) is 4.53. The van der Waals surface area contributed by atoms with Crippen molar-refractivity contribution in [1.29, 1.82) is 5.26 Å². The van der Waals surface area contributed by atoms with Crippen molar-refractivity contribution in [1.82, 2.24) is 4.90 Å². The van der Waals surface area contributed by atoms with Gasteiger partial charge in [0.05, 0.1) is 17.6 Å². The molecule has 0 N–H and O–H groups in total. The van der Waals surface area contributed by atoms with E-state index < -0.39 is 29.4 Å². The van der Waals surface area contributed by atoms with E-state index in [2.05, 4.69) is 6.07 Å². The Kier molecular flexibility index (Phi) is 4.92. The number of halogens is 4. The second-order valence-electron chi connectivity index (χ2n) is 6.56. The van der Waals surface area contributed by atoms with E-state index in [1.54, 1.807) is 0 Å². The van der Waals surface area contributed by atoms with Gasteiger partial charge in [0.25, 0.3) is 5.91 Å². The molecule has 140 valence electrons. The lowest BCUT2D eigenvalue weighted by molar-refractivity contribution is -0.140. The maximum Gasteiger partial charge on any atom is 0.419 e. The zero-order valence-electron chi connectivity index (χ0n) is 14.4. The van der Waals surface area contributed by atoms with E-state index in [9.17, 15) is 27.6 Å². The molecular formula is C20H16F4N2O. The molecule has 2 aromatic rings. The molecule has 0 saturated carbocycles. The summed E-state index contributed by atoms with van der Waals surface area (Å²) in [5, 5.41) is 9.42. The Morgan fingerprint density at radius 3 is 2.41 bits per heavy atom. The van der Waals surface area contributed by atoms with Gasteiger partial charge in [0.2, 0.25) is 0 Å². The average molecular weight is 376 g/mol. The van der Waals surface area contributed by atoms with Crippen molar-refractivity contribution < 1.29 is 22.4 Å². The van der Waals surface area contributed by atoms with Crippen LogP contribution in [-0.2, 0) is 6.18 Å². The van der Waals surface area contributed by atoms with Gasteiger partial charge in [-0.2, -0.15) is 18.4 Å². The lowest BCUT2D eigenvalue weighted by Crippen LogP contribution is -2.30. The highest BCUT2D eigenvalue weighted by Crippen LogP contribution is 2.36. The number of nitriles is 1. The SMILES string of the molecule is Cc1c(C(=O)N2C[C@@H](C#N)[C@H](c3ccccc3)C2)ccc(C(F)(F)F)c1F. The second-order valence-corrected chi connectivity index (χ2v) is 6.56. The maximum absolute atomic E-state index is 14.1. The Bertz CT molecular complexity index is 903. The van der Waals surface area contributed by atoms with Gasteiger partial charge in [-0.3, -0.25) is 4.79 Å². The van der Waals surface area contributed by atoms with E-state index in [0.717, 1.165) is 18.6 Å². The van der Waals surface area contributed by atoms with Crippen molar-refractivity contribution in [2.45, 2.75) is 19.0 Å². The molecule has 1 heterocycles. The van der Waals surface area contributed by atoms with Gasteiger partial charge in [0, 0.05) is 24.6 Å². The second kappa shape index (κ2) is 7.03. The van der Waals surface area contributed by atoms with Gasteiger partial charge in [-0.15, -0.1) is 0 Å². The molecular weight excluding hydrogens is 360 g/mol. The summed E-state index contributed by atoms with van der Waals surface area (Å²) in [7, 11) is 0. The van der Waals surface area contributed by atoms with Crippen molar-refractivity contribution in [2.75, 3.05) is 13.1 Å². The largest absolute Gasteiger partial charge is 0.419 e. The van der Waals surface area contributed by atoms with E-state index in [1.807, 2.05) is 30.3 Å². The molecule has 1 amide bonds. The van der Waals surface area contributed by atoms with Crippen LogP contribution in [0.25, 0.3) is 0 Å². The number of carbonyl (C=O) groups excluding carboxylic acids is 1. The molecule has 7 heteroatoms. The number of hydrogen-bond donors (Lipinski definition) is 0. The predicted molar refractivity (Wildman–Crippen MR) is 90.3 cm³/mol. The monoisotopic (exact) mass is 376 g/mol. The summed E-state index contributed by atoms with van der Waals surface area (Å²) in [4.78, 5) is 14.2. The first-order valence-electron chi connectivity index (χ1n) is 8.34. The lowest BCUT2D eigenvalue weighted by Gasteiger charge is -2.19. The minimum atomic E-state index is -4.83. The quantitative estimate of drug-likeness (QED) is 0.723. The number of likely N-dealkylation sites (tertiary alicyclic amines) is 1. The molecule has 0 spiro atoms. The highest BCUT2D eigenvalue weighted by molar-refractivity contribution is 5.96. The molecule has 0 aromatic heterocycles. The third kappa shape index (κ3) is 3.52. The number of carbonyl (C=O) groups is 1. The molecule has 1 aliphatic rings. The molecule has 0 bridgehead atoms. The van der Waals surface area contributed by atoms with Crippen LogP contribution in [0, 0.1) is 30.0 Å². The topological polar surface area (TPSA) is 44.1 Å². The molecule has 0 unspecified atom stereocenters. The number of benzene rings is 2. The standard InChI is InChI=1S/C20H16F4N2O/c1-12-15(7-8-17(18(12)21)20(22,23)24)19(27)26-10-14(9-25)16(11-26)13-5-3-2-4-6-13/h2-8,14,16H,10-11H2,1H3/t14-,16+/m1/s1. The van der Waals surface area contributed by atoms with Gasteiger partial charge in [-0.1, -0.05) is 30.3 Å². The molecule has 0 aliphatic carbocycles. The molecule has 2 aromatic carbocycles. The Hall–Kier alpha value is -2.88. The van der Waals surface area contributed by atoms with Crippen molar-refractivity contribution >= 4 is 5.91 Å². The van der Waals surface area contributed by atoms with Crippen LogP contribution in [0.3, 0.4) is 0 Å². The number of alkyl halides is 3. The first-order chi connectivity index (χ1) is 12.7. The Balaban J connectivity index is 1.89. The first-order valence-corrected chi connectivity index (χ1v) is 8.34. The highest BCUT2D eigenvalue weighted by Gasteiger charge is 2.39. The van der Waals surface area contributed by atoms with E-state index in [1.165, 1.54) is 4.90 Å². The van der Waals surface area contributed by atoms with Gasteiger partial charge in [-0.25, -0.2) is 4.39 Å². The average Bonchev–Trinajstić information content (AvgIpc) is 3.07. The fourth-order valence-corrected chi connectivity index (χ4v) is 3.44. The maximum atomic E-state index is 14.1. The Morgan fingerprint density at radius 1 is 1.15 bits per heavy atom. The third-order valence-corrected chi connectivity index (χ3v) is 4.92. The number of hydrogen-bond acceptors (Lipinski definition) is 2. The summed E-state index contributed by atoms with van der Waals surface area (Å²) >= 11 is 0. The van der Waals surface area contributed by atoms with E-state index in [-0.39, 0.29) is 30.1 Å². The minimum absolute atomic E-state index is 0.120. The summed E-state index contributed by atoms with van der Waals surface area (Å²) in [5.41, 5.74) is -0.942. The van der Waals surface area contributed by atoms with Crippen molar-refractivity contribution in [3.05, 3.63) is 70.5 Å². The first kappa shape index (κ1) is 18.9. The lowest BCUT2D eigenvalue weighted by atomic mass is 9.90. The number of amides is 1. The Labute approximate surface area is 153 Å². The zero-order valence-corrected chi connectivity index (χ0v) is 14.4. The van der Waals surface area contributed by atoms with Crippen LogP contribution >= 0.6 is 0 Å². The number of rotatable bonds is 2. The fraction of sp³-hybridized carbons (Fsp3) is 0.300. The molecule has 27 heavy (non-hydrogen) atoms. The third-order valence-electron chi connectivity index (χ3n) is 4.92. The summed E-state index contributed by atoms with van der Waals surface area (Å²) in [5.74, 6) is -2.64. The van der Waals surface area contributed by atoms with Gasteiger partial charge >= 0.3 is 6.18 Å². The molecule has 1 aliphatic heterocycles. The summed E-state index contributed by atoms with van der Waals surface area (Å²) in [6.45, 7) is 1.56. The van der Waals surface area contributed by atoms with Crippen LogP contribution in [-0.4, -0.2) is 23.9 Å². The van der Waals surface area contributed by atoms with Crippen LogP contribution in [0.4, 0.5) is 17.6 Å². The van der Waals surface area contributed by atoms with E-state index in [4.69, 9.17) is 0 Å². The van der Waals surface area contributed by atoms with Crippen LogP contribution < -0.4 is 0 Å². The summed E-state index contributed by atoms with van der Waals surface area (Å²) < 4.78 is 52.6. The van der Waals surface area contributed by atoms with Crippen molar-refractivity contribution in [2.24, 2.45) is 5.92 Å². The van der Waals surface area contributed by atoms with Crippen molar-refractivity contribution in [3.63, 3.8) is 0 Å². The van der Waals surface area contributed by atoms with Gasteiger partial charge in [0.15, 0.2) is 0 Å². The van der Waals surface area contributed by atoms with Crippen LogP contribution in [0.2, 0.25) is 0 Å². The normalized spacial score (nSPS) is 19.8. The molecule has 2 atom stereocenters. The van der Waals surface area contributed by atoms with Crippen molar-refractivity contribution in [3.8, 4) is 6.07 Å². The Morgan fingerprint density at radius 2 is 1.81 bits per heavy atom. The molecule has 0 radical (unpaired) electrons. The van der Waals surface area contributed by atoms with Crippen LogP contribution in [0.1, 0.15) is 33.0 Å². The highest BCUT2D eigenvalue weighted by atomic mass is 19.4. The fourth-order valence-electron chi connectivity index (χ4n) is 3.44. The molecule has 3 nitrogen and oxygen atoms in total. The molecule has 1 saturated heterocycles. The van der Waals surface area contributed by atoms with Gasteiger partial charge in [-0.05, 0) is 30.2 Å². The number of nitrogens with zero attached hydrogens (tertiary/aromatic N) is 2. The summed E-state index contributed by atoms with van der Waals surface area (Å²) in [6.07, 6.45) is -4.83. The van der Waals surface area contributed by atoms with E-state index >= 15 is 0 Å². The van der Waals surface area contributed by atoms with Crippen LogP contribution in [0.5, 0.6) is 0 Å². The van der Waals surface area contributed by atoms with E-state index in [0.29, 0.717) is 6.07 Å². The zero-order chi connectivity index (χ0) is 19.8.